The van der Waals surface area contributed by atoms with Crippen molar-refractivity contribution in [1.82, 2.24) is 5.43 Å². The largest absolute Gasteiger partial charge is 0.493 e. The first kappa shape index (κ1) is 16.3. The highest BCUT2D eigenvalue weighted by molar-refractivity contribution is 7.91. The second kappa shape index (κ2) is 6.78. The lowest BCUT2D eigenvalue weighted by molar-refractivity contribution is -0.124. The summed E-state index contributed by atoms with van der Waals surface area (Å²) in [6.45, 7) is 0. The Kier molecular flexibility index (Phi) is 5.02. The number of sulfone groups is 1. The zero-order valence-corrected chi connectivity index (χ0v) is 13.2. The average Bonchev–Trinajstić information content (AvgIpc) is 2.87. The maximum absolute atomic E-state index is 11.9. The number of benzene rings is 1. The first-order valence-corrected chi connectivity index (χ1v) is 8.53. The summed E-state index contributed by atoms with van der Waals surface area (Å²) in [5.74, 6) is 0.0784. The van der Waals surface area contributed by atoms with Crippen molar-refractivity contribution in [1.29, 1.82) is 0 Å². The number of hydrazone groups is 1. The van der Waals surface area contributed by atoms with Crippen LogP contribution < -0.4 is 14.9 Å². The third-order valence-electron chi connectivity index (χ3n) is 3.42. The van der Waals surface area contributed by atoms with Gasteiger partial charge in [-0.25, -0.2) is 13.8 Å². The summed E-state index contributed by atoms with van der Waals surface area (Å²) in [7, 11) is -0.0467. The van der Waals surface area contributed by atoms with Crippen molar-refractivity contribution in [3.05, 3.63) is 23.8 Å². The molecule has 0 aliphatic carbocycles. The Morgan fingerprint density at radius 1 is 1.36 bits per heavy atom. The number of carbonyl (C=O) groups excluding carboxylic acids is 1. The maximum atomic E-state index is 11.9. The number of hydrogen-bond acceptors (Lipinski definition) is 6. The monoisotopic (exact) mass is 326 g/mol. The van der Waals surface area contributed by atoms with E-state index in [1.54, 1.807) is 18.2 Å². The van der Waals surface area contributed by atoms with E-state index in [-0.39, 0.29) is 17.4 Å². The molecule has 1 amide bonds. The Hall–Kier alpha value is -2.09. The molecule has 0 spiro atoms. The number of carbonyl (C=O) groups is 1. The van der Waals surface area contributed by atoms with Crippen molar-refractivity contribution < 1.29 is 22.7 Å². The molecule has 0 aromatic heterocycles. The first-order chi connectivity index (χ1) is 10.5. The molecule has 1 saturated heterocycles. The van der Waals surface area contributed by atoms with Crippen LogP contribution in [0.4, 0.5) is 0 Å². The summed E-state index contributed by atoms with van der Waals surface area (Å²) < 4.78 is 33.1. The normalized spacial score (nSPS) is 20.0. The fourth-order valence-electron chi connectivity index (χ4n) is 2.27. The van der Waals surface area contributed by atoms with E-state index < -0.39 is 15.8 Å². The summed E-state index contributed by atoms with van der Waals surface area (Å²) in [4.78, 5) is 11.9. The lowest BCUT2D eigenvalue weighted by Crippen LogP contribution is -2.27. The predicted molar refractivity (Wildman–Crippen MR) is 82.0 cm³/mol. The van der Waals surface area contributed by atoms with Crippen LogP contribution >= 0.6 is 0 Å². The lowest BCUT2D eigenvalue weighted by Gasteiger charge is -2.09. The number of hydrogen-bond donors (Lipinski definition) is 1. The van der Waals surface area contributed by atoms with Crippen molar-refractivity contribution in [2.24, 2.45) is 11.0 Å². The summed E-state index contributed by atoms with van der Waals surface area (Å²) in [5.41, 5.74) is 3.01. The second-order valence-corrected chi connectivity index (χ2v) is 7.15. The first-order valence-electron chi connectivity index (χ1n) is 6.71. The van der Waals surface area contributed by atoms with Gasteiger partial charge in [-0.3, -0.25) is 4.79 Å². The molecule has 1 N–H and O–H groups in total. The van der Waals surface area contributed by atoms with Crippen LogP contribution in [0, 0.1) is 5.92 Å². The van der Waals surface area contributed by atoms with Crippen LogP contribution in [0.25, 0.3) is 0 Å². The fraction of sp³-hybridized carbons (Fsp3) is 0.429. The molecule has 1 aromatic carbocycles. The number of methoxy groups -OCH3 is 2. The zero-order valence-electron chi connectivity index (χ0n) is 12.4. The van der Waals surface area contributed by atoms with Gasteiger partial charge >= 0.3 is 0 Å². The standard InChI is InChI=1S/C14H18N2O5S/c1-20-12-5-3-4-10(13(12)21-2)8-15-16-14(17)11-6-7-22(18,19)9-11/h3-5,8,11H,6-7,9H2,1-2H3,(H,16,17)/b15-8-/t11-/m1/s1. The maximum Gasteiger partial charge on any atom is 0.244 e. The summed E-state index contributed by atoms with van der Waals surface area (Å²) in [6, 6.07) is 5.28. The Balaban J connectivity index is 2.03. The molecule has 0 bridgehead atoms. The van der Waals surface area contributed by atoms with Gasteiger partial charge in [0, 0.05) is 5.56 Å². The van der Waals surface area contributed by atoms with Crippen LogP contribution in [0.2, 0.25) is 0 Å². The molecule has 2 rings (SSSR count). The van der Waals surface area contributed by atoms with Gasteiger partial charge in [-0.15, -0.1) is 0 Å². The van der Waals surface area contributed by atoms with Gasteiger partial charge in [-0.05, 0) is 18.6 Å². The van der Waals surface area contributed by atoms with Crippen molar-refractivity contribution in [2.45, 2.75) is 6.42 Å². The molecule has 1 fully saturated rings. The highest BCUT2D eigenvalue weighted by Gasteiger charge is 2.32. The molecule has 1 aliphatic heterocycles. The van der Waals surface area contributed by atoms with Gasteiger partial charge in [-0.2, -0.15) is 5.10 Å². The molecule has 0 saturated carbocycles. The lowest BCUT2D eigenvalue weighted by atomic mass is 10.1. The molecule has 22 heavy (non-hydrogen) atoms. The molecule has 1 heterocycles. The number of ether oxygens (including phenoxy) is 2. The minimum absolute atomic E-state index is 0.0541. The molecular formula is C14H18N2O5S. The zero-order chi connectivity index (χ0) is 16.2. The van der Waals surface area contributed by atoms with Gasteiger partial charge in [0.1, 0.15) is 0 Å². The highest BCUT2D eigenvalue weighted by atomic mass is 32.2. The average molecular weight is 326 g/mol. The van der Waals surface area contributed by atoms with Crippen molar-refractivity contribution in [2.75, 3.05) is 25.7 Å². The highest BCUT2D eigenvalue weighted by Crippen LogP contribution is 2.29. The van der Waals surface area contributed by atoms with E-state index in [0.29, 0.717) is 23.5 Å². The molecule has 1 atom stereocenters. The fourth-order valence-corrected chi connectivity index (χ4v) is 4.01. The van der Waals surface area contributed by atoms with Gasteiger partial charge in [0.05, 0.1) is 37.9 Å². The van der Waals surface area contributed by atoms with Gasteiger partial charge in [0.15, 0.2) is 21.3 Å². The van der Waals surface area contributed by atoms with Gasteiger partial charge in [0.2, 0.25) is 5.91 Å². The van der Waals surface area contributed by atoms with Crippen LogP contribution in [-0.4, -0.2) is 46.3 Å². The van der Waals surface area contributed by atoms with Crippen molar-refractivity contribution in [3.63, 3.8) is 0 Å². The van der Waals surface area contributed by atoms with Gasteiger partial charge in [-0.1, -0.05) is 6.07 Å². The van der Waals surface area contributed by atoms with E-state index in [0.717, 1.165) is 0 Å². The smallest absolute Gasteiger partial charge is 0.244 e. The molecular weight excluding hydrogens is 308 g/mol. The van der Waals surface area contributed by atoms with Crippen LogP contribution in [0.1, 0.15) is 12.0 Å². The third-order valence-corrected chi connectivity index (χ3v) is 5.18. The van der Waals surface area contributed by atoms with Crippen LogP contribution in [0.3, 0.4) is 0 Å². The van der Waals surface area contributed by atoms with Crippen LogP contribution in [0.5, 0.6) is 11.5 Å². The van der Waals surface area contributed by atoms with E-state index in [1.165, 1.54) is 20.4 Å². The number of nitrogens with one attached hydrogen (secondary N) is 1. The van der Waals surface area contributed by atoms with E-state index in [1.807, 2.05) is 0 Å². The summed E-state index contributed by atoms with van der Waals surface area (Å²) >= 11 is 0. The van der Waals surface area contributed by atoms with Gasteiger partial charge < -0.3 is 9.47 Å². The van der Waals surface area contributed by atoms with Crippen molar-refractivity contribution >= 4 is 22.0 Å². The number of rotatable bonds is 5. The summed E-state index contributed by atoms with van der Waals surface area (Å²) in [6.07, 6.45) is 1.77. The molecule has 120 valence electrons. The minimum atomic E-state index is -3.09. The van der Waals surface area contributed by atoms with E-state index in [9.17, 15) is 13.2 Å². The van der Waals surface area contributed by atoms with Crippen molar-refractivity contribution in [3.8, 4) is 11.5 Å². The molecule has 8 heteroatoms. The number of amides is 1. The van der Waals surface area contributed by atoms with E-state index >= 15 is 0 Å². The van der Waals surface area contributed by atoms with Crippen LogP contribution in [-0.2, 0) is 14.6 Å². The topological polar surface area (TPSA) is 94.1 Å². The Morgan fingerprint density at radius 3 is 2.73 bits per heavy atom. The van der Waals surface area contributed by atoms with Crippen LogP contribution in [0.15, 0.2) is 23.3 Å². The molecule has 7 nitrogen and oxygen atoms in total. The Bertz CT molecular complexity index is 684. The molecule has 1 aromatic rings. The van der Waals surface area contributed by atoms with E-state index in [2.05, 4.69) is 10.5 Å². The van der Waals surface area contributed by atoms with E-state index in [4.69, 9.17) is 9.47 Å². The second-order valence-electron chi connectivity index (χ2n) is 4.92. The number of nitrogens with zero attached hydrogens (tertiary/aromatic N) is 1. The Labute approximate surface area is 129 Å². The quantitative estimate of drug-likeness (QED) is 0.631. The van der Waals surface area contributed by atoms with Gasteiger partial charge in [0.25, 0.3) is 0 Å². The minimum Gasteiger partial charge on any atom is -0.493 e. The molecule has 0 unspecified atom stereocenters. The molecule has 0 radical (unpaired) electrons. The summed E-state index contributed by atoms with van der Waals surface area (Å²) in [5, 5.41) is 3.86. The Morgan fingerprint density at radius 2 is 2.14 bits per heavy atom. The third kappa shape index (κ3) is 3.76. The SMILES string of the molecule is COc1cccc(/C=N\NC(=O)[C@@H]2CCS(=O)(=O)C2)c1OC. The predicted octanol–water partition coefficient (Wildman–Crippen LogP) is 0.589. The number of para-hydroxylation sites is 1. The molecule has 1 aliphatic rings.